The molecule has 0 saturated carbocycles. The fraction of sp³-hybridized carbons (Fsp3) is 0.231. The highest BCUT2D eigenvalue weighted by molar-refractivity contribution is 7.16. The molecule has 0 saturated heterocycles. The van der Waals surface area contributed by atoms with Crippen LogP contribution in [0.2, 0.25) is 4.34 Å². The topological polar surface area (TPSA) is 39.9 Å². The first-order chi connectivity index (χ1) is 9.71. The lowest BCUT2D eigenvalue weighted by Crippen LogP contribution is -2.03. The van der Waals surface area contributed by atoms with Crippen LogP contribution >= 0.6 is 34.5 Å². The molecule has 0 fully saturated rings. The first-order valence-corrected chi connectivity index (χ1v) is 7.64. The van der Waals surface area contributed by atoms with E-state index in [1.807, 2.05) is 22.8 Å². The van der Waals surface area contributed by atoms with Crippen LogP contribution in [-0.2, 0) is 12.4 Å². The van der Waals surface area contributed by atoms with Gasteiger partial charge in [-0.3, -0.25) is 0 Å². The predicted octanol–water partition coefficient (Wildman–Crippen LogP) is 3.94. The van der Waals surface area contributed by atoms with Gasteiger partial charge in [0.05, 0.1) is 23.9 Å². The van der Waals surface area contributed by atoms with Gasteiger partial charge in [0.2, 0.25) is 5.88 Å². The first kappa shape index (κ1) is 13.7. The largest absolute Gasteiger partial charge is 0.481 e. The molecule has 7 heteroatoms. The van der Waals surface area contributed by atoms with E-state index in [9.17, 15) is 0 Å². The number of fused-ring (bicyclic) bond motifs is 1. The third kappa shape index (κ3) is 2.49. The van der Waals surface area contributed by atoms with Crippen molar-refractivity contribution in [3.63, 3.8) is 0 Å². The molecule has 0 amide bonds. The summed E-state index contributed by atoms with van der Waals surface area (Å²) in [5.74, 6) is 1.67. The van der Waals surface area contributed by atoms with Crippen LogP contribution in [0.1, 0.15) is 10.7 Å². The quantitative estimate of drug-likeness (QED) is 0.681. The highest BCUT2D eigenvalue weighted by Crippen LogP contribution is 2.25. The van der Waals surface area contributed by atoms with Gasteiger partial charge in [-0.25, -0.2) is 4.98 Å². The summed E-state index contributed by atoms with van der Waals surface area (Å²) in [6.45, 7) is 0.649. The number of hydrogen-bond donors (Lipinski definition) is 0. The molecule has 0 aliphatic heterocycles. The summed E-state index contributed by atoms with van der Waals surface area (Å²) in [4.78, 5) is 10.1. The highest BCUT2D eigenvalue weighted by Gasteiger charge is 2.13. The Balaban J connectivity index is 2.10. The fourth-order valence-electron chi connectivity index (χ4n) is 2.01. The van der Waals surface area contributed by atoms with Gasteiger partial charge in [0, 0.05) is 10.9 Å². The van der Waals surface area contributed by atoms with Crippen molar-refractivity contribution in [3.8, 4) is 5.88 Å². The number of aromatic nitrogens is 3. The Kier molecular flexibility index (Phi) is 3.83. The lowest BCUT2D eigenvalue weighted by Gasteiger charge is -2.06. The second kappa shape index (κ2) is 5.60. The van der Waals surface area contributed by atoms with E-state index in [1.54, 1.807) is 13.2 Å². The molecule has 0 aliphatic rings. The standard InChI is InChI=1S/C13H11Cl2N3OS/c1-19-12-5-3-9-13(17-12)18(11(6-14)16-9)7-8-2-4-10(15)20-8/h2-5H,6-7H2,1H3. The summed E-state index contributed by atoms with van der Waals surface area (Å²) in [6.07, 6.45) is 0. The van der Waals surface area contributed by atoms with Gasteiger partial charge in [0.15, 0.2) is 5.65 Å². The molecule has 0 bridgehead atoms. The number of pyridine rings is 1. The number of rotatable bonds is 4. The van der Waals surface area contributed by atoms with Crippen LogP contribution in [0.3, 0.4) is 0 Å². The van der Waals surface area contributed by atoms with Gasteiger partial charge in [0.25, 0.3) is 0 Å². The van der Waals surface area contributed by atoms with Gasteiger partial charge in [-0.15, -0.1) is 22.9 Å². The molecule has 0 aliphatic carbocycles. The Morgan fingerprint density at radius 1 is 1.25 bits per heavy atom. The molecule has 3 heterocycles. The third-order valence-electron chi connectivity index (χ3n) is 2.92. The Hall–Kier alpha value is -1.30. The van der Waals surface area contributed by atoms with Gasteiger partial charge in [-0.2, -0.15) is 4.98 Å². The lowest BCUT2D eigenvalue weighted by molar-refractivity contribution is 0.399. The minimum atomic E-state index is 0.331. The van der Waals surface area contributed by atoms with Gasteiger partial charge < -0.3 is 9.30 Å². The smallest absolute Gasteiger partial charge is 0.215 e. The number of methoxy groups -OCH3 is 1. The maximum absolute atomic E-state index is 5.98. The zero-order chi connectivity index (χ0) is 14.1. The van der Waals surface area contributed by atoms with Crippen LogP contribution < -0.4 is 4.74 Å². The molecule has 0 N–H and O–H groups in total. The average Bonchev–Trinajstić information content (AvgIpc) is 3.03. The Labute approximate surface area is 129 Å². The molecule has 0 spiro atoms. The van der Waals surface area contributed by atoms with Crippen LogP contribution in [0.5, 0.6) is 5.88 Å². The lowest BCUT2D eigenvalue weighted by atomic mass is 10.4. The van der Waals surface area contributed by atoms with E-state index in [2.05, 4.69) is 9.97 Å². The van der Waals surface area contributed by atoms with Crippen LogP contribution in [-0.4, -0.2) is 21.6 Å². The zero-order valence-corrected chi connectivity index (χ0v) is 13.0. The average molecular weight is 328 g/mol. The van der Waals surface area contributed by atoms with Crippen molar-refractivity contribution in [3.05, 3.63) is 39.3 Å². The van der Waals surface area contributed by atoms with Gasteiger partial charge in [0.1, 0.15) is 11.3 Å². The Morgan fingerprint density at radius 2 is 2.10 bits per heavy atom. The molecule has 0 aromatic carbocycles. The number of thiophene rings is 1. The second-order valence-electron chi connectivity index (χ2n) is 4.15. The zero-order valence-electron chi connectivity index (χ0n) is 10.6. The van der Waals surface area contributed by atoms with Crippen molar-refractivity contribution < 1.29 is 4.74 Å². The van der Waals surface area contributed by atoms with E-state index in [0.29, 0.717) is 18.3 Å². The number of alkyl halides is 1. The molecule has 3 aromatic heterocycles. The number of imidazole rings is 1. The van der Waals surface area contributed by atoms with Crippen molar-refractivity contribution in [1.82, 2.24) is 14.5 Å². The van der Waals surface area contributed by atoms with Crippen molar-refractivity contribution in [2.24, 2.45) is 0 Å². The van der Waals surface area contributed by atoms with Gasteiger partial charge >= 0.3 is 0 Å². The number of ether oxygens (including phenoxy) is 1. The molecule has 0 atom stereocenters. The Bertz CT molecular complexity index is 753. The van der Waals surface area contributed by atoms with E-state index in [-0.39, 0.29) is 0 Å². The second-order valence-corrected chi connectivity index (χ2v) is 6.22. The fourth-order valence-corrected chi connectivity index (χ4v) is 3.29. The molecule has 104 valence electrons. The molecule has 20 heavy (non-hydrogen) atoms. The van der Waals surface area contributed by atoms with E-state index in [4.69, 9.17) is 27.9 Å². The Morgan fingerprint density at radius 3 is 2.75 bits per heavy atom. The molecule has 3 rings (SSSR count). The molecule has 0 unspecified atom stereocenters. The van der Waals surface area contributed by atoms with Crippen molar-refractivity contribution in [2.45, 2.75) is 12.4 Å². The van der Waals surface area contributed by atoms with Crippen LogP contribution in [0, 0.1) is 0 Å². The highest BCUT2D eigenvalue weighted by atomic mass is 35.5. The van der Waals surface area contributed by atoms with Crippen LogP contribution in [0.15, 0.2) is 24.3 Å². The van der Waals surface area contributed by atoms with Crippen molar-refractivity contribution >= 4 is 45.7 Å². The summed E-state index contributed by atoms with van der Waals surface area (Å²) >= 11 is 13.5. The van der Waals surface area contributed by atoms with E-state index in [0.717, 1.165) is 26.2 Å². The summed E-state index contributed by atoms with van der Waals surface area (Å²) in [7, 11) is 1.59. The van der Waals surface area contributed by atoms with E-state index in [1.165, 1.54) is 11.3 Å². The third-order valence-corrected chi connectivity index (χ3v) is 4.37. The summed E-state index contributed by atoms with van der Waals surface area (Å²) < 4.78 is 7.93. The van der Waals surface area contributed by atoms with Crippen molar-refractivity contribution in [1.29, 1.82) is 0 Å². The monoisotopic (exact) mass is 327 g/mol. The normalized spacial score (nSPS) is 11.2. The summed E-state index contributed by atoms with van der Waals surface area (Å²) in [5, 5.41) is 0. The minimum absolute atomic E-state index is 0.331. The van der Waals surface area contributed by atoms with E-state index < -0.39 is 0 Å². The number of hydrogen-bond acceptors (Lipinski definition) is 4. The molecule has 4 nitrogen and oxygen atoms in total. The minimum Gasteiger partial charge on any atom is -0.481 e. The van der Waals surface area contributed by atoms with Crippen molar-refractivity contribution in [2.75, 3.05) is 7.11 Å². The number of halogens is 2. The maximum atomic E-state index is 5.98. The molecular weight excluding hydrogens is 317 g/mol. The first-order valence-electron chi connectivity index (χ1n) is 5.91. The predicted molar refractivity (Wildman–Crippen MR) is 82.1 cm³/mol. The summed E-state index contributed by atoms with van der Waals surface area (Å²) in [6, 6.07) is 7.56. The maximum Gasteiger partial charge on any atom is 0.215 e. The number of nitrogens with zero attached hydrogens (tertiary/aromatic N) is 3. The molecule has 0 radical (unpaired) electrons. The van der Waals surface area contributed by atoms with Gasteiger partial charge in [-0.05, 0) is 18.2 Å². The summed E-state index contributed by atoms with van der Waals surface area (Å²) in [5.41, 5.74) is 1.58. The SMILES string of the molecule is COc1ccc2nc(CCl)n(Cc3ccc(Cl)s3)c2n1. The van der Waals surface area contributed by atoms with E-state index >= 15 is 0 Å². The molecular formula is C13H11Cl2N3OS. The van der Waals surface area contributed by atoms with Crippen LogP contribution in [0.4, 0.5) is 0 Å². The van der Waals surface area contributed by atoms with Gasteiger partial charge in [-0.1, -0.05) is 11.6 Å². The molecule has 3 aromatic rings. The van der Waals surface area contributed by atoms with Crippen LogP contribution in [0.25, 0.3) is 11.2 Å².